The quantitative estimate of drug-likeness (QED) is 0.240. The second kappa shape index (κ2) is 10.8. The van der Waals surface area contributed by atoms with Crippen molar-refractivity contribution < 1.29 is 0 Å². The molecule has 0 aromatic heterocycles. The molecular weight excluding hydrogens is 465 g/mol. The fraction of sp³-hybridized carbons (Fsp3) is 0.143. The lowest BCUT2D eigenvalue weighted by Gasteiger charge is -2.21. The van der Waals surface area contributed by atoms with Crippen molar-refractivity contribution >= 4 is 35.3 Å². The first-order valence-electron chi connectivity index (χ1n) is 13.0. The van der Waals surface area contributed by atoms with E-state index in [0.717, 1.165) is 6.42 Å². The van der Waals surface area contributed by atoms with E-state index in [-0.39, 0.29) is 0 Å². The monoisotopic (exact) mass is 499 g/mol. The van der Waals surface area contributed by atoms with Crippen LogP contribution in [0.1, 0.15) is 31.4 Å². The molecule has 0 bridgehead atoms. The van der Waals surface area contributed by atoms with Crippen molar-refractivity contribution in [2.75, 3.05) is 7.05 Å². The highest BCUT2D eigenvalue weighted by Gasteiger charge is 2.29. The van der Waals surface area contributed by atoms with Gasteiger partial charge in [-0.1, -0.05) is 116 Å². The van der Waals surface area contributed by atoms with Gasteiger partial charge in [0.05, 0.1) is 0 Å². The summed E-state index contributed by atoms with van der Waals surface area (Å²) in [4.78, 5) is 0. The van der Waals surface area contributed by atoms with Gasteiger partial charge in [-0.15, -0.1) is 0 Å². The van der Waals surface area contributed by atoms with Gasteiger partial charge in [0.1, 0.15) is 0 Å². The Bertz CT molecular complexity index is 1500. The summed E-state index contributed by atoms with van der Waals surface area (Å²) < 4.78 is 0. The van der Waals surface area contributed by atoms with E-state index in [0.29, 0.717) is 5.92 Å². The summed E-state index contributed by atoms with van der Waals surface area (Å²) >= 11 is 0. The van der Waals surface area contributed by atoms with Gasteiger partial charge in [-0.05, 0) is 77.2 Å². The van der Waals surface area contributed by atoms with Crippen LogP contribution in [0.5, 0.6) is 0 Å². The Balaban J connectivity index is 1.60. The zero-order valence-electron chi connectivity index (χ0n) is 22.0. The minimum Gasteiger partial charge on any atom is -0.387 e. The van der Waals surface area contributed by atoms with Crippen molar-refractivity contribution in [1.29, 1.82) is 0 Å². The fourth-order valence-corrected chi connectivity index (χ4v) is 7.96. The Labute approximate surface area is 222 Å². The molecule has 1 N–H and O–H groups in total. The number of hydrogen-bond donors (Lipinski definition) is 1. The number of rotatable bonds is 8. The molecule has 0 amide bonds. The Morgan fingerprint density at radius 1 is 0.865 bits per heavy atom. The fourth-order valence-electron chi connectivity index (χ4n) is 5.73. The van der Waals surface area contributed by atoms with Crippen LogP contribution in [-0.2, 0) is 0 Å². The number of benzene rings is 3. The van der Waals surface area contributed by atoms with Crippen LogP contribution in [0.15, 0.2) is 127 Å². The van der Waals surface area contributed by atoms with Crippen molar-refractivity contribution in [3.8, 4) is 11.1 Å². The highest BCUT2D eigenvalue weighted by atomic mass is 31.1. The van der Waals surface area contributed by atoms with Crippen LogP contribution >= 0.6 is 7.92 Å². The predicted molar refractivity (Wildman–Crippen MR) is 166 cm³/mol. The molecule has 1 atom stereocenters. The van der Waals surface area contributed by atoms with Crippen LogP contribution in [0.3, 0.4) is 0 Å². The first kappa shape index (κ1) is 25.0. The van der Waals surface area contributed by atoms with Crippen molar-refractivity contribution in [2.24, 2.45) is 5.92 Å². The van der Waals surface area contributed by atoms with Gasteiger partial charge in [0, 0.05) is 24.2 Å². The summed E-state index contributed by atoms with van der Waals surface area (Å²) in [5, 5.41) is 10.0. The summed E-state index contributed by atoms with van der Waals surface area (Å²) in [6.07, 6.45) is 18.3. The van der Waals surface area contributed by atoms with E-state index in [1.54, 1.807) is 0 Å². The van der Waals surface area contributed by atoms with Crippen LogP contribution in [-0.4, -0.2) is 7.05 Å². The van der Waals surface area contributed by atoms with E-state index in [1.165, 1.54) is 60.2 Å². The third-order valence-corrected chi connectivity index (χ3v) is 10.2. The summed E-state index contributed by atoms with van der Waals surface area (Å²) in [6.45, 7) is 12.3. The van der Waals surface area contributed by atoms with Gasteiger partial charge in [-0.2, -0.15) is 0 Å². The maximum absolute atomic E-state index is 4.07. The summed E-state index contributed by atoms with van der Waals surface area (Å²) in [5.74, 6) is 0.392. The molecule has 0 radical (unpaired) electrons. The highest BCUT2D eigenvalue weighted by Crippen LogP contribution is 2.53. The van der Waals surface area contributed by atoms with Crippen LogP contribution in [0.4, 0.5) is 0 Å². The largest absolute Gasteiger partial charge is 0.387 e. The van der Waals surface area contributed by atoms with E-state index in [1.807, 2.05) is 19.2 Å². The van der Waals surface area contributed by atoms with Crippen molar-refractivity contribution in [3.05, 3.63) is 138 Å². The van der Waals surface area contributed by atoms with E-state index in [2.05, 4.69) is 123 Å². The van der Waals surface area contributed by atoms with E-state index < -0.39 is 7.92 Å². The minimum atomic E-state index is -0.662. The molecule has 0 heterocycles. The third kappa shape index (κ3) is 4.28. The lowest BCUT2D eigenvalue weighted by Crippen LogP contribution is -2.09. The number of nitrogens with one attached hydrogen (secondary N) is 1. The predicted octanol–water partition coefficient (Wildman–Crippen LogP) is 9.33. The Morgan fingerprint density at radius 3 is 2.16 bits per heavy atom. The first-order chi connectivity index (χ1) is 18.2. The molecular formula is C35H34NP. The summed E-state index contributed by atoms with van der Waals surface area (Å²) in [6, 6.07) is 20.5. The lowest BCUT2D eigenvalue weighted by molar-refractivity contribution is 0.842. The van der Waals surface area contributed by atoms with Crippen LogP contribution in [0, 0.1) is 5.92 Å². The molecule has 0 saturated carbocycles. The maximum Gasteiger partial charge on any atom is 0.0462 e. The van der Waals surface area contributed by atoms with Gasteiger partial charge in [0.15, 0.2) is 0 Å². The smallest absolute Gasteiger partial charge is 0.0462 e. The molecule has 2 heteroatoms. The van der Waals surface area contributed by atoms with Crippen LogP contribution in [0.2, 0.25) is 0 Å². The molecule has 2 aliphatic carbocycles. The molecule has 3 aromatic carbocycles. The normalized spacial score (nSPS) is 17.9. The average molecular weight is 500 g/mol. The Hall–Kier alpha value is -3.67. The minimum absolute atomic E-state index is 0.392. The lowest BCUT2D eigenvalue weighted by atomic mass is 9.87. The average Bonchev–Trinajstić information content (AvgIpc) is 3.29. The standard InChI is InChI=1S/C35H34NP/c1-6-26(7-2)37(27(8-3)9-4)28-20-18-24(19-21-28)29-22-23-31-33(25-14-11-10-12-15-25)35(36-5)32-17-13-16-30(29)34(31)32/h6-14,16-23,25,36H,1,3,15H2,2,4-5H3/b26-7+,27-9+. The van der Waals surface area contributed by atoms with Crippen LogP contribution in [0.25, 0.3) is 33.2 Å². The molecule has 1 unspecified atom stereocenters. The van der Waals surface area contributed by atoms with Crippen molar-refractivity contribution in [1.82, 2.24) is 5.32 Å². The van der Waals surface area contributed by atoms with E-state index >= 15 is 0 Å². The zero-order valence-corrected chi connectivity index (χ0v) is 22.9. The van der Waals surface area contributed by atoms with Crippen LogP contribution < -0.4 is 10.6 Å². The van der Waals surface area contributed by atoms with Crippen molar-refractivity contribution in [2.45, 2.75) is 20.3 Å². The van der Waals surface area contributed by atoms with E-state index in [4.69, 9.17) is 0 Å². The zero-order chi connectivity index (χ0) is 25.9. The molecule has 0 spiro atoms. The molecule has 5 rings (SSSR count). The van der Waals surface area contributed by atoms with Crippen molar-refractivity contribution in [3.63, 3.8) is 0 Å². The Kier molecular flexibility index (Phi) is 7.26. The SMILES string of the molecule is C=C/C(=C\C)P(/C(C=C)=C/C)c1ccc(-c2ccc3c4c(cccc24)C(NC)=C3C2C=CC=CC2)cc1. The van der Waals surface area contributed by atoms with Gasteiger partial charge in [-0.3, -0.25) is 0 Å². The number of allylic oxidation sites excluding steroid dienone is 11. The molecule has 0 aliphatic heterocycles. The molecule has 184 valence electrons. The van der Waals surface area contributed by atoms with Gasteiger partial charge in [0.2, 0.25) is 0 Å². The molecule has 2 aliphatic rings. The van der Waals surface area contributed by atoms with E-state index in [9.17, 15) is 0 Å². The molecule has 0 fully saturated rings. The van der Waals surface area contributed by atoms with Gasteiger partial charge >= 0.3 is 0 Å². The highest BCUT2D eigenvalue weighted by molar-refractivity contribution is 7.74. The molecule has 3 aromatic rings. The summed E-state index contributed by atoms with van der Waals surface area (Å²) in [5.41, 5.74) is 7.85. The maximum atomic E-state index is 4.07. The van der Waals surface area contributed by atoms with Gasteiger partial charge < -0.3 is 5.32 Å². The molecule has 1 nitrogen and oxygen atoms in total. The molecule has 0 saturated heterocycles. The molecule has 37 heavy (non-hydrogen) atoms. The van der Waals surface area contributed by atoms with Gasteiger partial charge in [-0.25, -0.2) is 0 Å². The summed E-state index contributed by atoms with van der Waals surface area (Å²) in [7, 11) is 1.38. The third-order valence-electron chi connectivity index (χ3n) is 7.43. The van der Waals surface area contributed by atoms with Gasteiger partial charge in [0.25, 0.3) is 0 Å². The Morgan fingerprint density at radius 2 is 1.57 bits per heavy atom. The second-order valence-electron chi connectivity index (χ2n) is 9.30. The second-order valence-corrected chi connectivity index (χ2v) is 11.5. The number of hydrogen-bond acceptors (Lipinski definition) is 1. The first-order valence-corrected chi connectivity index (χ1v) is 14.3. The topological polar surface area (TPSA) is 12.0 Å².